The molecule has 0 aromatic rings. The van der Waals surface area contributed by atoms with Gasteiger partial charge in [-0.1, -0.05) is 12.8 Å². The molecule has 5 nitrogen and oxygen atoms in total. The van der Waals surface area contributed by atoms with E-state index in [4.69, 9.17) is 16.3 Å². The third kappa shape index (κ3) is 5.09. The fourth-order valence-corrected chi connectivity index (χ4v) is 3.60. The highest BCUT2D eigenvalue weighted by atomic mass is 35.5. The fraction of sp³-hybridized carbons (Fsp3) is 1.00. The first-order valence-electron chi connectivity index (χ1n) is 5.92. The second-order valence-electron chi connectivity index (χ2n) is 4.24. The summed E-state index contributed by atoms with van der Waals surface area (Å²) in [6.07, 6.45) is 4.06. The maximum Gasteiger partial charge on any atom is 0.279 e. The molecule has 1 N–H and O–H groups in total. The highest BCUT2D eigenvalue weighted by Crippen LogP contribution is 2.12. The van der Waals surface area contributed by atoms with Crippen LogP contribution in [0, 0.1) is 0 Å². The summed E-state index contributed by atoms with van der Waals surface area (Å²) in [6.45, 7) is 1.48. The van der Waals surface area contributed by atoms with Crippen molar-refractivity contribution < 1.29 is 13.2 Å². The molecule has 1 rings (SSSR count). The molecule has 0 saturated carbocycles. The van der Waals surface area contributed by atoms with Crippen LogP contribution in [0.15, 0.2) is 0 Å². The molecule has 0 aromatic carbocycles. The molecule has 0 bridgehead atoms. The summed E-state index contributed by atoms with van der Waals surface area (Å²) in [5.74, 6) is 0.209. The molecule has 1 saturated heterocycles. The summed E-state index contributed by atoms with van der Waals surface area (Å²) in [6, 6.07) is -0.366. The Morgan fingerprint density at radius 3 is 2.35 bits per heavy atom. The van der Waals surface area contributed by atoms with E-state index in [0.717, 1.165) is 25.7 Å². The standard InChI is InChI=1S/C10H21ClN2O3S/c1-16-9-10(8-11)12-17(14,15)13-6-4-2-3-5-7-13/h10,12H,2-9H2,1H3. The molecule has 0 amide bonds. The van der Waals surface area contributed by atoms with Crippen LogP contribution in [0.25, 0.3) is 0 Å². The van der Waals surface area contributed by atoms with E-state index in [0.29, 0.717) is 13.1 Å². The molecule has 1 aliphatic heterocycles. The van der Waals surface area contributed by atoms with Gasteiger partial charge in [0.15, 0.2) is 0 Å². The summed E-state index contributed by atoms with van der Waals surface area (Å²) in [7, 11) is -1.89. The molecule has 102 valence electrons. The van der Waals surface area contributed by atoms with Crippen LogP contribution in [0.4, 0.5) is 0 Å². The van der Waals surface area contributed by atoms with Gasteiger partial charge in [0.1, 0.15) is 0 Å². The number of hydrogen-bond donors (Lipinski definition) is 1. The molecule has 0 aliphatic carbocycles. The number of ether oxygens (including phenoxy) is 1. The van der Waals surface area contributed by atoms with Crippen LogP contribution < -0.4 is 4.72 Å². The number of halogens is 1. The Morgan fingerprint density at radius 1 is 1.29 bits per heavy atom. The van der Waals surface area contributed by atoms with Gasteiger partial charge in [-0.3, -0.25) is 0 Å². The van der Waals surface area contributed by atoms with Crippen molar-refractivity contribution >= 4 is 21.8 Å². The zero-order chi connectivity index (χ0) is 12.7. The molecule has 17 heavy (non-hydrogen) atoms. The third-order valence-electron chi connectivity index (χ3n) is 2.77. The lowest BCUT2D eigenvalue weighted by molar-refractivity contribution is 0.180. The van der Waals surface area contributed by atoms with Crippen molar-refractivity contribution in [1.82, 2.24) is 9.03 Å². The molecule has 0 spiro atoms. The number of hydrogen-bond acceptors (Lipinski definition) is 3. The van der Waals surface area contributed by atoms with Crippen molar-refractivity contribution in [2.75, 3.05) is 32.7 Å². The molecular weight excluding hydrogens is 264 g/mol. The summed E-state index contributed by atoms with van der Waals surface area (Å²) in [4.78, 5) is 0. The van der Waals surface area contributed by atoms with Crippen LogP contribution in [0.2, 0.25) is 0 Å². The lowest BCUT2D eigenvalue weighted by Gasteiger charge is -2.23. The minimum atomic E-state index is -3.42. The summed E-state index contributed by atoms with van der Waals surface area (Å²) < 4.78 is 33.2. The van der Waals surface area contributed by atoms with Crippen LogP contribution in [0.5, 0.6) is 0 Å². The average Bonchev–Trinajstić information content (AvgIpc) is 2.57. The highest BCUT2D eigenvalue weighted by Gasteiger charge is 2.25. The van der Waals surface area contributed by atoms with E-state index in [1.165, 1.54) is 11.4 Å². The van der Waals surface area contributed by atoms with Gasteiger partial charge in [0.25, 0.3) is 10.2 Å². The van der Waals surface area contributed by atoms with Crippen LogP contribution in [0.3, 0.4) is 0 Å². The van der Waals surface area contributed by atoms with Crippen LogP contribution in [-0.2, 0) is 14.9 Å². The van der Waals surface area contributed by atoms with Gasteiger partial charge in [-0.25, -0.2) is 0 Å². The highest BCUT2D eigenvalue weighted by molar-refractivity contribution is 7.87. The Labute approximate surface area is 109 Å². The molecule has 1 heterocycles. The lowest BCUT2D eigenvalue weighted by Crippen LogP contribution is -2.47. The number of alkyl halides is 1. The monoisotopic (exact) mass is 284 g/mol. The van der Waals surface area contributed by atoms with Gasteiger partial charge in [-0.15, -0.1) is 11.6 Å². The molecule has 7 heteroatoms. The van der Waals surface area contributed by atoms with Gasteiger partial charge in [0.05, 0.1) is 12.6 Å². The molecule has 1 unspecified atom stereocenters. The van der Waals surface area contributed by atoms with Crippen LogP contribution >= 0.6 is 11.6 Å². The Hall–Kier alpha value is 0.120. The average molecular weight is 285 g/mol. The van der Waals surface area contributed by atoms with E-state index in [1.54, 1.807) is 0 Å². The number of rotatable bonds is 6. The number of nitrogens with zero attached hydrogens (tertiary/aromatic N) is 1. The smallest absolute Gasteiger partial charge is 0.279 e. The predicted octanol–water partition coefficient (Wildman–Crippen LogP) is 0.951. The quantitative estimate of drug-likeness (QED) is 0.739. The Bertz CT molecular complexity index is 303. The van der Waals surface area contributed by atoms with Crippen molar-refractivity contribution in [3.8, 4) is 0 Å². The predicted molar refractivity (Wildman–Crippen MR) is 68.5 cm³/mol. The summed E-state index contributed by atoms with van der Waals surface area (Å²) >= 11 is 5.70. The van der Waals surface area contributed by atoms with Crippen molar-refractivity contribution in [1.29, 1.82) is 0 Å². The zero-order valence-corrected chi connectivity index (χ0v) is 11.8. The van der Waals surface area contributed by atoms with Gasteiger partial charge in [0.2, 0.25) is 0 Å². The first-order valence-corrected chi connectivity index (χ1v) is 7.90. The topological polar surface area (TPSA) is 58.6 Å². The summed E-state index contributed by atoms with van der Waals surface area (Å²) in [5.41, 5.74) is 0. The van der Waals surface area contributed by atoms with Crippen molar-refractivity contribution in [3.63, 3.8) is 0 Å². The molecule has 1 atom stereocenters. The maximum atomic E-state index is 12.1. The summed E-state index contributed by atoms with van der Waals surface area (Å²) in [5, 5.41) is 0. The van der Waals surface area contributed by atoms with E-state index in [2.05, 4.69) is 4.72 Å². The largest absolute Gasteiger partial charge is 0.383 e. The number of nitrogens with one attached hydrogen (secondary N) is 1. The van der Waals surface area contributed by atoms with Gasteiger partial charge in [-0.05, 0) is 12.8 Å². The van der Waals surface area contributed by atoms with E-state index in [9.17, 15) is 8.42 Å². The molecule has 1 aliphatic rings. The fourth-order valence-electron chi connectivity index (χ4n) is 1.88. The van der Waals surface area contributed by atoms with E-state index >= 15 is 0 Å². The first-order chi connectivity index (χ1) is 8.10. The van der Waals surface area contributed by atoms with Gasteiger partial charge < -0.3 is 4.74 Å². The van der Waals surface area contributed by atoms with Gasteiger partial charge in [0, 0.05) is 26.1 Å². The SMILES string of the molecule is COCC(CCl)NS(=O)(=O)N1CCCCCC1. The van der Waals surface area contributed by atoms with E-state index in [1.807, 2.05) is 0 Å². The van der Waals surface area contributed by atoms with E-state index < -0.39 is 10.2 Å². The normalized spacial score (nSPS) is 21.1. The third-order valence-corrected chi connectivity index (χ3v) is 4.82. The number of methoxy groups -OCH3 is 1. The van der Waals surface area contributed by atoms with Gasteiger partial charge >= 0.3 is 0 Å². The molecular formula is C10H21ClN2O3S. The lowest BCUT2D eigenvalue weighted by atomic mass is 10.2. The minimum Gasteiger partial charge on any atom is -0.383 e. The van der Waals surface area contributed by atoms with Crippen molar-refractivity contribution in [2.45, 2.75) is 31.7 Å². The Balaban J connectivity index is 2.58. The Kier molecular flexibility index (Phi) is 6.72. The second-order valence-corrected chi connectivity index (χ2v) is 6.25. The molecule has 1 fully saturated rings. The first kappa shape index (κ1) is 15.2. The zero-order valence-electron chi connectivity index (χ0n) is 10.2. The second kappa shape index (κ2) is 7.53. The van der Waals surface area contributed by atoms with E-state index in [-0.39, 0.29) is 18.5 Å². The molecule has 0 aromatic heterocycles. The maximum absolute atomic E-state index is 12.1. The van der Waals surface area contributed by atoms with Crippen molar-refractivity contribution in [2.24, 2.45) is 0 Å². The van der Waals surface area contributed by atoms with Crippen LogP contribution in [-0.4, -0.2) is 51.5 Å². The minimum absolute atomic E-state index is 0.209. The molecule has 0 radical (unpaired) electrons. The van der Waals surface area contributed by atoms with Crippen molar-refractivity contribution in [3.05, 3.63) is 0 Å². The Morgan fingerprint density at radius 2 is 1.88 bits per heavy atom. The van der Waals surface area contributed by atoms with Crippen LogP contribution in [0.1, 0.15) is 25.7 Å². The van der Waals surface area contributed by atoms with Gasteiger partial charge in [-0.2, -0.15) is 17.4 Å².